The van der Waals surface area contributed by atoms with Crippen molar-refractivity contribution in [2.24, 2.45) is 5.92 Å². The van der Waals surface area contributed by atoms with E-state index >= 15 is 0 Å². The van der Waals surface area contributed by atoms with E-state index in [0.29, 0.717) is 5.69 Å². The van der Waals surface area contributed by atoms with Gasteiger partial charge < -0.3 is 10.4 Å². The lowest BCUT2D eigenvalue weighted by Crippen LogP contribution is -2.30. The Balaban J connectivity index is 1.85. The number of rotatable bonds is 3. The Bertz CT molecular complexity index is 957. The molecular weight excluding hydrogens is 400 g/mol. The van der Waals surface area contributed by atoms with Crippen LogP contribution in [0.15, 0.2) is 53.0 Å². The van der Waals surface area contributed by atoms with Gasteiger partial charge in [0.05, 0.1) is 22.2 Å². The third-order valence-electron chi connectivity index (χ3n) is 5.10. The summed E-state index contributed by atoms with van der Waals surface area (Å²) < 4.78 is 0.725. The fourth-order valence-corrected chi connectivity index (χ4v) is 4.47. The van der Waals surface area contributed by atoms with E-state index in [-0.39, 0.29) is 29.1 Å². The Morgan fingerprint density at radius 2 is 2.12 bits per heavy atom. The highest BCUT2D eigenvalue weighted by atomic mass is 79.9. The first kappa shape index (κ1) is 16.8. The Morgan fingerprint density at radius 1 is 1.31 bits per heavy atom. The van der Waals surface area contributed by atoms with Gasteiger partial charge in [0.2, 0.25) is 0 Å². The zero-order valence-electron chi connectivity index (χ0n) is 13.6. The lowest BCUT2D eigenvalue weighted by Gasteiger charge is -2.38. The molecule has 1 heterocycles. The number of carboxylic acid groups (broad SMARTS) is 1. The molecule has 3 atom stereocenters. The van der Waals surface area contributed by atoms with Crippen LogP contribution in [0.1, 0.15) is 39.9 Å². The molecule has 132 valence electrons. The number of carbonyl (C=O) groups is 1. The standard InChI is InChI=1S/C19H15BrN2O4/c20-11-8-15-13-5-2-6-14(13)17(21-18(15)16(9-11)19(23)24)10-3-1-4-12(7-10)22(25)26/h1-5,7-9,13-14,17,21H,6H2,(H,23,24)/t13-,14+,17-/m0/s1. The highest BCUT2D eigenvalue weighted by molar-refractivity contribution is 9.10. The average molecular weight is 415 g/mol. The normalized spacial score (nSPS) is 23.0. The van der Waals surface area contributed by atoms with E-state index in [4.69, 9.17) is 0 Å². The summed E-state index contributed by atoms with van der Waals surface area (Å²) in [6.07, 6.45) is 5.03. The zero-order chi connectivity index (χ0) is 18.4. The fraction of sp³-hybridized carbons (Fsp3) is 0.211. The number of hydrogen-bond donors (Lipinski definition) is 2. The van der Waals surface area contributed by atoms with Crippen LogP contribution in [0.25, 0.3) is 0 Å². The molecule has 0 unspecified atom stereocenters. The third-order valence-corrected chi connectivity index (χ3v) is 5.56. The van der Waals surface area contributed by atoms with Crippen molar-refractivity contribution in [3.05, 3.63) is 79.8 Å². The van der Waals surface area contributed by atoms with Crippen molar-refractivity contribution in [2.75, 3.05) is 5.32 Å². The van der Waals surface area contributed by atoms with E-state index in [9.17, 15) is 20.0 Å². The first-order valence-electron chi connectivity index (χ1n) is 8.20. The molecule has 2 aliphatic rings. The molecule has 1 aliphatic heterocycles. The lowest BCUT2D eigenvalue weighted by atomic mass is 9.76. The van der Waals surface area contributed by atoms with E-state index < -0.39 is 10.9 Å². The Kier molecular flexibility index (Phi) is 4.03. The van der Waals surface area contributed by atoms with Crippen molar-refractivity contribution in [2.45, 2.75) is 18.4 Å². The van der Waals surface area contributed by atoms with Gasteiger partial charge >= 0.3 is 5.97 Å². The highest BCUT2D eigenvalue weighted by Gasteiger charge is 2.40. The summed E-state index contributed by atoms with van der Waals surface area (Å²) in [5.74, 6) is -0.750. The Hall–Kier alpha value is -2.67. The van der Waals surface area contributed by atoms with Crippen LogP contribution in [0.5, 0.6) is 0 Å². The number of non-ortho nitro benzene ring substituents is 1. The number of nitrogens with zero attached hydrogens (tertiary/aromatic N) is 1. The molecule has 0 radical (unpaired) electrons. The van der Waals surface area contributed by atoms with Crippen LogP contribution in [-0.2, 0) is 0 Å². The third kappa shape index (κ3) is 2.68. The maximum absolute atomic E-state index is 11.7. The van der Waals surface area contributed by atoms with Gasteiger partial charge in [-0.1, -0.05) is 40.2 Å². The largest absolute Gasteiger partial charge is 0.478 e. The number of aromatic carboxylic acids is 1. The van der Waals surface area contributed by atoms with Crippen LogP contribution in [0.2, 0.25) is 0 Å². The number of fused-ring (bicyclic) bond motifs is 3. The smallest absolute Gasteiger partial charge is 0.337 e. The molecule has 4 rings (SSSR count). The molecule has 0 spiro atoms. The number of allylic oxidation sites excluding steroid dienone is 2. The van der Waals surface area contributed by atoms with Crippen LogP contribution >= 0.6 is 15.9 Å². The monoisotopic (exact) mass is 414 g/mol. The van der Waals surface area contributed by atoms with E-state index in [2.05, 4.69) is 33.4 Å². The van der Waals surface area contributed by atoms with Crippen molar-refractivity contribution < 1.29 is 14.8 Å². The molecular formula is C19H15BrN2O4. The summed E-state index contributed by atoms with van der Waals surface area (Å²) in [7, 11) is 0. The molecule has 0 saturated heterocycles. The minimum Gasteiger partial charge on any atom is -0.478 e. The predicted octanol–water partition coefficient (Wildman–Crippen LogP) is 4.88. The van der Waals surface area contributed by atoms with Gasteiger partial charge in [-0.05, 0) is 35.6 Å². The van der Waals surface area contributed by atoms with Gasteiger partial charge in [0.15, 0.2) is 0 Å². The molecule has 26 heavy (non-hydrogen) atoms. The predicted molar refractivity (Wildman–Crippen MR) is 101 cm³/mol. The van der Waals surface area contributed by atoms with Crippen molar-refractivity contribution >= 4 is 33.3 Å². The minimum absolute atomic E-state index is 0.0341. The molecule has 0 aromatic heterocycles. The summed E-state index contributed by atoms with van der Waals surface area (Å²) in [6.45, 7) is 0. The van der Waals surface area contributed by atoms with Gasteiger partial charge in [0, 0.05) is 22.5 Å². The van der Waals surface area contributed by atoms with Crippen LogP contribution in [0.4, 0.5) is 11.4 Å². The molecule has 1 aliphatic carbocycles. The summed E-state index contributed by atoms with van der Waals surface area (Å²) in [6, 6.07) is 9.89. The van der Waals surface area contributed by atoms with Crippen molar-refractivity contribution in [1.82, 2.24) is 0 Å². The molecule has 0 bridgehead atoms. The minimum atomic E-state index is -1.01. The Labute approximate surface area is 157 Å². The van der Waals surface area contributed by atoms with E-state index in [1.54, 1.807) is 18.2 Å². The number of anilines is 1. The maximum Gasteiger partial charge on any atom is 0.337 e. The van der Waals surface area contributed by atoms with E-state index in [1.165, 1.54) is 6.07 Å². The number of nitro groups is 1. The highest BCUT2D eigenvalue weighted by Crippen LogP contribution is 2.51. The second-order valence-electron chi connectivity index (χ2n) is 6.55. The lowest BCUT2D eigenvalue weighted by molar-refractivity contribution is -0.384. The zero-order valence-corrected chi connectivity index (χ0v) is 15.1. The molecule has 0 saturated carbocycles. The first-order chi connectivity index (χ1) is 12.5. The second-order valence-corrected chi connectivity index (χ2v) is 7.47. The average Bonchev–Trinajstić information content (AvgIpc) is 3.10. The Morgan fingerprint density at radius 3 is 2.85 bits per heavy atom. The van der Waals surface area contributed by atoms with Crippen LogP contribution in [0, 0.1) is 16.0 Å². The number of benzene rings is 2. The summed E-state index contributed by atoms with van der Waals surface area (Å²) in [4.78, 5) is 22.5. The molecule has 0 amide bonds. The van der Waals surface area contributed by atoms with Gasteiger partial charge in [-0.15, -0.1) is 0 Å². The molecule has 2 aromatic carbocycles. The van der Waals surface area contributed by atoms with Gasteiger partial charge in [-0.25, -0.2) is 4.79 Å². The second kappa shape index (κ2) is 6.25. The van der Waals surface area contributed by atoms with Gasteiger partial charge in [-0.3, -0.25) is 10.1 Å². The van der Waals surface area contributed by atoms with Crippen LogP contribution in [0.3, 0.4) is 0 Å². The first-order valence-corrected chi connectivity index (χ1v) is 8.99. The van der Waals surface area contributed by atoms with Crippen molar-refractivity contribution in [3.63, 3.8) is 0 Å². The molecule has 2 N–H and O–H groups in total. The molecule has 7 heteroatoms. The SMILES string of the molecule is O=C(O)c1cc(Br)cc2c1N[C@@H](c1cccc([N+](=O)[O-])c1)[C@@H]1CC=C[C@H]21. The van der Waals surface area contributed by atoms with Gasteiger partial charge in [0.25, 0.3) is 5.69 Å². The number of carboxylic acids is 1. The number of halogens is 1. The summed E-state index contributed by atoms with van der Waals surface area (Å²) in [5.41, 5.74) is 2.56. The maximum atomic E-state index is 11.7. The van der Waals surface area contributed by atoms with E-state index in [0.717, 1.165) is 22.0 Å². The number of nitrogens with one attached hydrogen (secondary N) is 1. The van der Waals surface area contributed by atoms with E-state index in [1.807, 2.05) is 12.1 Å². The van der Waals surface area contributed by atoms with Crippen LogP contribution < -0.4 is 5.32 Å². The summed E-state index contributed by atoms with van der Waals surface area (Å²) in [5, 5.41) is 24.1. The molecule has 2 aromatic rings. The van der Waals surface area contributed by atoms with Crippen molar-refractivity contribution in [3.8, 4) is 0 Å². The van der Waals surface area contributed by atoms with Gasteiger partial charge in [0.1, 0.15) is 0 Å². The fourth-order valence-electron chi connectivity index (χ4n) is 3.99. The molecule has 0 fully saturated rings. The summed E-state index contributed by atoms with van der Waals surface area (Å²) >= 11 is 3.40. The van der Waals surface area contributed by atoms with Crippen molar-refractivity contribution in [1.29, 1.82) is 0 Å². The quantitative estimate of drug-likeness (QED) is 0.424. The topological polar surface area (TPSA) is 92.5 Å². The molecule has 6 nitrogen and oxygen atoms in total. The number of hydrogen-bond acceptors (Lipinski definition) is 4. The van der Waals surface area contributed by atoms with Crippen LogP contribution in [-0.4, -0.2) is 16.0 Å². The van der Waals surface area contributed by atoms with Gasteiger partial charge in [-0.2, -0.15) is 0 Å². The number of nitro benzene ring substituents is 1.